The van der Waals surface area contributed by atoms with Crippen LogP contribution in [0.15, 0.2) is 24.3 Å². The topological polar surface area (TPSA) is 99.3 Å². The summed E-state index contributed by atoms with van der Waals surface area (Å²) in [5.74, 6) is -0.0560. The second-order valence-electron chi connectivity index (χ2n) is 4.58. The number of ether oxygens (including phenoxy) is 1. The Morgan fingerprint density at radius 2 is 2.18 bits per heavy atom. The molecule has 0 aliphatic heterocycles. The molecule has 8 heteroatoms. The summed E-state index contributed by atoms with van der Waals surface area (Å²) in [6.07, 6.45) is 0. The lowest BCUT2D eigenvalue weighted by Crippen LogP contribution is -2.17. The van der Waals surface area contributed by atoms with Gasteiger partial charge in [0, 0.05) is 18.7 Å². The zero-order valence-electron chi connectivity index (χ0n) is 12.5. The van der Waals surface area contributed by atoms with E-state index in [2.05, 4.69) is 10.4 Å². The number of carbonyl (C=O) groups is 1. The molecule has 0 saturated heterocycles. The van der Waals surface area contributed by atoms with Crippen molar-refractivity contribution in [2.75, 3.05) is 12.4 Å². The Bertz CT molecular complexity index is 724. The fraction of sp³-hybridized carbons (Fsp3) is 0.286. The van der Waals surface area contributed by atoms with Gasteiger partial charge in [-0.05, 0) is 26.0 Å². The van der Waals surface area contributed by atoms with Crippen LogP contribution in [0.5, 0.6) is 5.75 Å². The number of anilines is 1. The highest BCUT2D eigenvalue weighted by atomic mass is 16.6. The SMILES string of the molecule is CCn1nc(C)cc1C(=O)Nc1cc([N+](=O)[O-])ccc1OC. The summed E-state index contributed by atoms with van der Waals surface area (Å²) in [6.45, 7) is 4.21. The average molecular weight is 304 g/mol. The second-order valence-corrected chi connectivity index (χ2v) is 4.58. The van der Waals surface area contributed by atoms with Crippen LogP contribution in [0.2, 0.25) is 0 Å². The quantitative estimate of drug-likeness (QED) is 0.675. The van der Waals surface area contributed by atoms with Crippen molar-refractivity contribution in [3.63, 3.8) is 0 Å². The fourth-order valence-electron chi connectivity index (χ4n) is 2.06. The molecule has 1 N–H and O–H groups in total. The van der Waals surface area contributed by atoms with E-state index in [4.69, 9.17) is 4.74 Å². The highest BCUT2D eigenvalue weighted by molar-refractivity contribution is 6.04. The Kier molecular flexibility index (Phi) is 4.40. The van der Waals surface area contributed by atoms with Crippen LogP contribution in [0.4, 0.5) is 11.4 Å². The maximum absolute atomic E-state index is 12.4. The first kappa shape index (κ1) is 15.5. The maximum atomic E-state index is 12.4. The minimum absolute atomic E-state index is 0.128. The molecule has 0 aliphatic rings. The van der Waals surface area contributed by atoms with E-state index in [0.29, 0.717) is 18.0 Å². The number of hydrogen-bond acceptors (Lipinski definition) is 5. The van der Waals surface area contributed by atoms with Crippen molar-refractivity contribution in [2.45, 2.75) is 20.4 Å². The summed E-state index contributed by atoms with van der Waals surface area (Å²) in [4.78, 5) is 22.7. The number of aromatic nitrogens is 2. The highest BCUT2D eigenvalue weighted by Gasteiger charge is 2.17. The number of nitrogens with zero attached hydrogens (tertiary/aromatic N) is 3. The van der Waals surface area contributed by atoms with Crippen molar-refractivity contribution in [3.05, 3.63) is 45.8 Å². The van der Waals surface area contributed by atoms with Gasteiger partial charge in [-0.2, -0.15) is 5.10 Å². The molecule has 1 heterocycles. The molecule has 22 heavy (non-hydrogen) atoms. The molecule has 1 amide bonds. The molecule has 116 valence electrons. The fourth-order valence-corrected chi connectivity index (χ4v) is 2.06. The molecule has 8 nitrogen and oxygen atoms in total. The monoisotopic (exact) mass is 304 g/mol. The van der Waals surface area contributed by atoms with Crippen molar-refractivity contribution in [2.24, 2.45) is 0 Å². The third-order valence-corrected chi connectivity index (χ3v) is 3.08. The Balaban J connectivity index is 2.34. The molecule has 1 aromatic carbocycles. The van der Waals surface area contributed by atoms with E-state index >= 15 is 0 Å². The average Bonchev–Trinajstić information content (AvgIpc) is 2.88. The van der Waals surface area contributed by atoms with Crippen molar-refractivity contribution in [3.8, 4) is 5.75 Å². The van der Waals surface area contributed by atoms with Gasteiger partial charge in [0.25, 0.3) is 11.6 Å². The van der Waals surface area contributed by atoms with Gasteiger partial charge >= 0.3 is 0 Å². The molecular weight excluding hydrogens is 288 g/mol. The minimum Gasteiger partial charge on any atom is -0.495 e. The molecule has 0 unspecified atom stereocenters. The molecule has 0 spiro atoms. The van der Waals surface area contributed by atoms with Gasteiger partial charge in [0.15, 0.2) is 0 Å². The summed E-state index contributed by atoms with van der Waals surface area (Å²) in [5.41, 5.74) is 1.21. The summed E-state index contributed by atoms with van der Waals surface area (Å²) < 4.78 is 6.68. The summed E-state index contributed by atoms with van der Waals surface area (Å²) in [6, 6.07) is 5.67. The van der Waals surface area contributed by atoms with Crippen LogP contribution in [0.1, 0.15) is 23.1 Å². The van der Waals surface area contributed by atoms with Crippen LogP contribution in [0.25, 0.3) is 0 Å². The lowest BCUT2D eigenvalue weighted by Gasteiger charge is -2.10. The molecular formula is C14H16N4O4. The van der Waals surface area contributed by atoms with Crippen LogP contribution in [-0.2, 0) is 6.54 Å². The molecule has 0 radical (unpaired) electrons. The number of hydrogen-bond donors (Lipinski definition) is 1. The van der Waals surface area contributed by atoms with Crippen molar-refractivity contribution in [1.29, 1.82) is 0 Å². The molecule has 0 saturated carbocycles. The van der Waals surface area contributed by atoms with E-state index in [1.54, 1.807) is 17.7 Å². The third kappa shape index (κ3) is 3.05. The van der Waals surface area contributed by atoms with E-state index < -0.39 is 10.8 Å². The first-order valence-electron chi connectivity index (χ1n) is 6.64. The normalized spacial score (nSPS) is 10.3. The molecule has 2 rings (SSSR count). The molecule has 1 aromatic heterocycles. The predicted molar refractivity (Wildman–Crippen MR) is 80.2 cm³/mol. The Labute approximate surface area is 126 Å². The van der Waals surface area contributed by atoms with Crippen molar-refractivity contribution >= 4 is 17.3 Å². The molecule has 0 atom stereocenters. The predicted octanol–water partition coefficient (Wildman–Crippen LogP) is 2.38. The van der Waals surface area contributed by atoms with Crippen LogP contribution < -0.4 is 10.1 Å². The zero-order valence-corrected chi connectivity index (χ0v) is 12.5. The number of nitro groups is 1. The summed E-state index contributed by atoms with van der Waals surface area (Å²) in [5, 5.41) is 17.7. The number of non-ortho nitro benzene ring substituents is 1. The number of nitro benzene ring substituents is 1. The van der Waals surface area contributed by atoms with Gasteiger partial charge in [-0.15, -0.1) is 0 Å². The van der Waals surface area contributed by atoms with Gasteiger partial charge in [-0.3, -0.25) is 19.6 Å². The molecule has 0 bridgehead atoms. The van der Waals surface area contributed by atoms with Crippen molar-refractivity contribution < 1.29 is 14.5 Å². The minimum atomic E-state index is -0.532. The van der Waals surface area contributed by atoms with Gasteiger partial charge in [0.05, 0.1) is 23.4 Å². The standard InChI is InChI=1S/C14H16N4O4/c1-4-17-12(7-9(2)16-17)14(19)15-11-8-10(18(20)21)5-6-13(11)22-3/h5-8H,4H2,1-3H3,(H,15,19). The Morgan fingerprint density at radius 1 is 1.45 bits per heavy atom. The Morgan fingerprint density at radius 3 is 2.77 bits per heavy atom. The van der Waals surface area contributed by atoms with Gasteiger partial charge < -0.3 is 10.1 Å². The Hall–Kier alpha value is -2.90. The zero-order chi connectivity index (χ0) is 16.3. The lowest BCUT2D eigenvalue weighted by molar-refractivity contribution is -0.384. The van der Waals surface area contributed by atoms with E-state index in [0.717, 1.165) is 5.69 Å². The first-order valence-corrected chi connectivity index (χ1v) is 6.64. The lowest BCUT2D eigenvalue weighted by atomic mass is 10.2. The van der Waals surface area contributed by atoms with Crippen LogP contribution in [-0.4, -0.2) is 27.7 Å². The number of benzene rings is 1. The maximum Gasteiger partial charge on any atom is 0.274 e. The summed E-state index contributed by atoms with van der Waals surface area (Å²) >= 11 is 0. The number of nitrogens with one attached hydrogen (secondary N) is 1. The second kappa shape index (κ2) is 6.25. The van der Waals surface area contributed by atoms with Gasteiger partial charge in [0.1, 0.15) is 11.4 Å². The number of rotatable bonds is 5. The van der Waals surface area contributed by atoms with Crippen LogP contribution in [0, 0.1) is 17.0 Å². The molecule has 2 aromatic rings. The van der Waals surface area contributed by atoms with Gasteiger partial charge in [-0.25, -0.2) is 0 Å². The van der Waals surface area contributed by atoms with E-state index in [1.165, 1.54) is 25.3 Å². The first-order chi connectivity index (χ1) is 10.5. The largest absolute Gasteiger partial charge is 0.495 e. The van der Waals surface area contributed by atoms with E-state index in [-0.39, 0.29) is 11.4 Å². The smallest absolute Gasteiger partial charge is 0.274 e. The van der Waals surface area contributed by atoms with Crippen LogP contribution in [0.3, 0.4) is 0 Å². The number of aryl methyl sites for hydroxylation is 2. The molecule has 0 aliphatic carbocycles. The van der Waals surface area contributed by atoms with Gasteiger partial charge in [-0.1, -0.05) is 0 Å². The summed E-state index contributed by atoms with van der Waals surface area (Å²) in [7, 11) is 1.43. The van der Waals surface area contributed by atoms with E-state index in [1.807, 2.05) is 6.92 Å². The number of methoxy groups -OCH3 is 1. The highest BCUT2D eigenvalue weighted by Crippen LogP contribution is 2.29. The third-order valence-electron chi connectivity index (χ3n) is 3.08. The van der Waals surface area contributed by atoms with Crippen molar-refractivity contribution in [1.82, 2.24) is 9.78 Å². The van der Waals surface area contributed by atoms with Gasteiger partial charge in [0.2, 0.25) is 0 Å². The number of amides is 1. The van der Waals surface area contributed by atoms with Crippen LogP contribution >= 0.6 is 0 Å². The number of carbonyl (C=O) groups excluding carboxylic acids is 1. The molecule has 0 fully saturated rings. The van der Waals surface area contributed by atoms with E-state index in [9.17, 15) is 14.9 Å².